The second-order valence-corrected chi connectivity index (χ2v) is 4.52. The van der Waals surface area contributed by atoms with Gasteiger partial charge in [-0.3, -0.25) is 4.79 Å². The van der Waals surface area contributed by atoms with Gasteiger partial charge in [0.25, 0.3) is 5.91 Å². The molecule has 1 heterocycles. The number of benzene rings is 1. The van der Waals surface area contributed by atoms with Gasteiger partial charge in [0.15, 0.2) is 0 Å². The molecule has 2 rings (SSSR count). The number of hydrogen-bond acceptors (Lipinski definition) is 3. The summed E-state index contributed by atoms with van der Waals surface area (Å²) >= 11 is 3.30. The van der Waals surface area contributed by atoms with Crippen molar-refractivity contribution in [2.75, 3.05) is 12.4 Å². The lowest BCUT2D eigenvalue weighted by Gasteiger charge is -2.07. The number of halogens is 2. The molecule has 0 bridgehead atoms. The van der Waals surface area contributed by atoms with Crippen LogP contribution in [0, 0.1) is 5.82 Å². The highest BCUT2D eigenvalue weighted by Gasteiger charge is 2.09. The average Bonchev–Trinajstić information content (AvgIpc) is 2.41. The van der Waals surface area contributed by atoms with Crippen LogP contribution in [0.2, 0.25) is 0 Å². The zero-order valence-corrected chi connectivity index (χ0v) is 11.6. The third-order valence-corrected chi connectivity index (χ3v) is 3.00. The Morgan fingerprint density at radius 2 is 2.16 bits per heavy atom. The summed E-state index contributed by atoms with van der Waals surface area (Å²) in [7, 11) is 1.54. The standard InChI is InChI=1S/C13H10BrFN2O2/c1-19-11-4-2-8(6-10(11)14)13(18)17-12-5-3-9(15)7-16-12/h2-7H,1H3,(H,16,17,18). The molecule has 4 nitrogen and oxygen atoms in total. The van der Waals surface area contributed by atoms with Crippen LogP contribution in [0.15, 0.2) is 41.0 Å². The van der Waals surface area contributed by atoms with Crippen LogP contribution in [0.3, 0.4) is 0 Å². The number of rotatable bonds is 3. The van der Waals surface area contributed by atoms with E-state index in [2.05, 4.69) is 26.2 Å². The highest BCUT2D eigenvalue weighted by atomic mass is 79.9. The van der Waals surface area contributed by atoms with E-state index in [4.69, 9.17) is 4.74 Å². The van der Waals surface area contributed by atoms with Gasteiger partial charge < -0.3 is 10.1 Å². The van der Waals surface area contributed by atoms with E-state index < -0.39 is 5.82 Å². The number of hydrogen-bond donors (Lipinski definition) is 1. The number of ether oxygens (including phenoxy) is 1. The number of anilines is 1. The molecule has 98 valence electrons. The number of aromatic nitrogens is 1. The van der Waals surface area contributed by atoms with Crippen molar-refractivity contribution < 1.29 is 13.9 Å². The van der Waals surface area contributed by atoms with Crippen molar-refractivity contribution in [2.45, 2.75) is 0 Å². The zero-order chi connectivity index (χ0) is 13.8. The van der Waals surface area contributed by atoms with Crippen LogP contribution in [-0.4, -0.2) is 18.0 Å². The Kier molecular flexibility index (Phi) is 4.11. The first kappa shape index (κ1) is 13.5. The van der Waals surface area contributed by atoms with E-state index >= 15 is 0 Å². The third kappa shape index (κ3) is 3.29. The number of carbonyl (C=O) groups excluding carboxylic acids is 1. The second-order valence-electron chi connectivity index (χ2n) is 3.67. The van der Waals surface area contributed by atoms with Gasteiger partial charge in [0.1, 0.15) is 17.4 Å². The van der Waals surface area contributed by atoms with E-state index in [9.17, 15) is 9.18 Å². The fraction of sp³-hybridized carbons (Fsp3) is 0.0769. The maximum Gasteiger partial charge on any atom is 0.256 e. The zero-order valence-electron chi connectivity index (χ0n) is 9.98. The SMILES string of the molecule is COc1ccc(C(=O)Nc2ccc(F)cn2)cc1Br. The van der Waals surface area contributed by atoms with Gasteiger partial charge in [-0.15, -0.1) is 0 Å². The molecule has 0 aliphatic carbocycles. The Morgan fingerprint density at radius 3 is 2.74 bits per heavy atom. The first-order chi connectivity index (χ1) is 9.10. The first-order valence-corrected chi connectivity index (χ1v) is 6.16. The monoisotopic (exact) mass is 324 g/mol. The van der Waals surface area contributed by atoms with Crippen LogP contribution in [0.4, 0.5) is 10.2 Å². The van der Waals surface area contributed by atoms with Crippen molar-refractivity contribution >= 4 is 27.7 Å². The maximum atomic E-state index is 12.7. The fourth-order valence-corrected chi connectivity index (χ4v) is 1.99. The van der Waals surface area contributed by atoms with E-state index in [0.717, 1.165) is 6.20 Å². The Labute approximate surface area is 117 Å². The molecule has 0 radical (unpaired) electrons. The second kappa shape index (κ2) is 5.79. The number of nitrogens with one attached hydrogen (secondary N) is 1. The number of carbonyl (C=O) groups is 1. The summed E-state index contributed by atoms with van der Waals surface area (Å²) in [5, 5.41) is 2.57. The minimum atomic E-state index is -0.454. The van der Waals surface area contributed by atoms with E-state index in [1.807, 2.05) is 0 Å². The molecule has 1 N–H and O–H groups in total. The Morgan fingerprint density at radius 1 is 1.37 bits per heavy atom. The molecular formula is C13H10BrFN2O2. The summed E-state index contributed by atoms with van der Waals surface area (Å²) in [6.45, 7) is 0. The Balaban J connectivity index is 2.16. The van der Waals surface area contributed by atoms with Gasteiger partial charge in [0.05, 0.1) is 17.8 Å². The van der Waals surface area contributed by atoms with Crippen LogP contribution in [0.25, 0.3) is 0 Å². The van der Waals surface area contributed by atoms with Crippen LogP contribution < -0.4 is 10.1 Å². The summed E-state index contributed by atoms with van der Waals surface area (Å²) in [5.41, 5.74) is 0.443. The van der Waals surface area contributed by atoms with Gasteiger partial charge in [0, 0.05) is 5.56 Å². The molecule has 0 fully saturated rings. The Bertz CT molecular complexity index is 602. The predicted octanol–water partition coefficient (Wildman–Crippen LogP) is 3.24. The lowest BCUT2D eigenvalue weighted by atomic mass is 10.2. The van der Waals surface area contributed by atoms with Gasteiger partial charge in [-0.25, -0.2) is 9.37 Å². The van der Waals surface area contributed by atoms with Gasteiger partial charge >= 0.3 is 0 Å². The van der Waals surface area contributed by atoms with E-state index in [1.165, 1.54) is 12.1 Å². The smallest absolute Gasteiger partial charge is 0.256 e. The minimum Gasteiger partial charge on any atom is -0.496 e. The third-order valence-electron chi connectivity index (χ3n) is 2.38. The minimum absolute atomic E-state index is 0.290. The fourth-order valence-electron chi connectivity index (χ4n) is 1.45. The summed E-state index contributed by atoms with van der Waals surface area (Å²) in [4.78, 5) is 15.7. The van der Waals surface area contributed by atoms with E-state index in [1.54, 1.807) is 25.3 Å². The average molecular weight is 325 g/mol. The molecule has 0 unspecified atom stereocenters. The van der Waals surface area contributed by atoms with Gasteiger partial charge in [-0.05, 0) is 46.3 Å². The lowest BCUT2D eigenvalue weighted by molar-refractivity contribution is 0.102. The van der Waals surface area contributed by atoms with Gasteiger partial charge in [-0.2, -0.15) is 0 Å². The number of nitrogens with zero attached hydrogens (tertiary/aromatic N) is 1. The highest BCUT2D eigenvalue weighted by molar-refractivity contribution is 9.10. The number of amides is 1. The van der Waals surface area contributed by atoms with Crippen LogP contribution >= 0.6 is 15.9 Å². The molecule has 1 aromatic heterocycles. The van der Waals surface area contributed by atoms with Crippen LogP contribution in [-0.2, 0) is 0 Å². The molecule has 0 spiro atoms. The van der Waals surface area contributed by atoms with Crippen LogP contribution in [0.1, 0.15) is 10.4 Å². The summed E-state index contributed by atoms with van der Waals surface area (Å²) in [6, 6.07) is 7.57. The molecular weight excluding hydrogens is 315 g/mol. The quantitative estimate of drug-likeness (QED) is 0.942. The summed E-state index contributed by atoms with van der Waals surface area (Å²) in [5.74, 6) is 0.141. The van der Waals surface area contributed by atoms with Gasteiger partial charge in [-0.1, -0.05) is 0 Å². The van der Waals surface area contributed by atoms with Crippen molar-refractivity contribution in [1.29, 1.82) is 0 Å². The van der Waals surface area contributed by atoms with Crippen molar-refractivity contribution in [1.82, 2.24) is 4.98 Å². The van der Waals surface area contributed by atoms with Crippen molar-refractivity contribution in [2.24, 2.45) is 0 Å². The van der Waals surface area contributed by atoms with Gasteiger partial charge in [0.2, 0.25) is 0 Å². The van der Waals surface area contributed by atoms with E-state index in [0.29, 0.717) is 21.6 Å². The normalized spacial score (nSPS) is 10.1. The summed E-state index contributed by atoms with van der Waals surface area (Å²) in [6.07, 6.45) is 1.04. The topological polar surface area (TPSA) is 51.2 Å². The maximum absolute atomic E-state index is 12.7. The number of pyridine rings is 1. The largest absolute Gasteiger partial charge is 0.496 e. The molecule has 19 heavy (non-hydrogen) atoms. The molecule has 1 aromatic carbocycles. The molecule has 0 atom stereocenters. The molecule has 0 aliphatic rings. The predicted molar refractivity (Wildman–Crippen MR) is 72.8 cm³/mol. The van der Waals surface area contributed by atoms with Crippen molar-refractivity contribution in [3.63, 3.8) is 0 Å². The van der Waals surface area contributed by atoms with Crippen molar-refractivity contribution in [3.05, 3.63) is 52.4 Å². The Hall–Kier alpha value is -1.95. The van der Waals surface area contributed by atoms with E-state index in [-0.39, 0.29) is 5.91 Å². The molecule has 0 aliphatic heterocycles. The lowest BCUT2D eigenvalue weighted by Crippen LogP contribution is -2.13. The molecule has 0 saturated carbocycles. The highest BCUT2D eigenvalue weighted by Crippen LogP contribution is 2.25. The first-order valence-electron chi connectivity index (χ1n) is 5.36. The molecule has 1 amide bonds. The number of methoxy groups -OCH3 is 1. The molecule has 0 saturated heterocycles. The van der Waals surface area contributed by atoms with Crippen LogP contribution in [0.5, 0.6) is 5.75 Å². The van der Waals surface area contributed by atoms with Crippen molar-refractivity contribution in [3.8, 4) is 5.75 Å². The molecule has 2 aromatic rings. The summed E-state index contributed by atoms with van der Waals surface area (Å²) < 4.78 is 18.4. The molecule has 6 heteroatoms.